The molecule has 20 heavy (non-hydrogen) atoms. The van der Waals surface area contributed by atoms with Crippen molar-refractivity contribution >= 4 is 17.5 Å². The Balaban J connectivity index is 2.51. The molecule has 0 aliphatic carbocycles. The number of hydrogen-bond donors (Lipinski definition) is 2. The predicted molar refractivity (Wildman–Crippen MR) is 78.2 cm³/mol. The smallest absolute Gasteiger partial charge is 0.224 e. The van der Waals surface area contributed by atoms with Crippen LogP contribution >= 0.6 is 0 Å². The van der Waals surface area contributed by atoms with E-state index in [0.29, 0.717) is 37.0 Å². The molecule has 7 nitrogen and oxygen atoms in total. The fourth-order valence-corrected chi connectivity index (χ4v) is 1.83. The van der Waals surface area contributed by atoms with Crippen LogP contribution < -0.4 is 11.1 Å². The van der Waals surface area contributed by atoms with E-state index in [0.717, 1.165) is 13.1 Å². The van der Waals surface area contributed by atoms with Crippen LogP contribution in [0, 0.1) is 0 Å². The van der Waals surface area contributed by atoms with Gasteiger partial charge in [-0.1, -0.05) is 0 Å². The topological polar surface area (TPSA) is 93.4 Å². The van der Waals surface area contributed by atoms with Crippen LogP contribution in [0.2, 0.25) is 0 Å². The van der Waals surface area contributed by atoms with Crippen molar-refractivity contribution in [2.75, 3.05) is 37.8 Å². The largest absolute Gasteiger partial charge is 0.384 e. The van der Waals surface area contributed by atoms with E-state index in [1.54, 1.807) is 18.1 Å². The number of hydrogen-bond acceptors (Lipinski definition) is 6. The van der Waals surface area contributed by atoms with Crippen molar-refractivity contribution in [3.63, 3.8) is 0 Å². The number of nitrogens with two attached hydrogens (primary N) is 1. The zero-order chi connectivity index (χ0) is 15.0. The third kappa shape index (κ3) is 5.00. The van der Waals surface area contributed by atoms with Gasteiger partial charge in [-0.3, -0.25) is 4.79 Å². The maximum Gasteiger partial charge on any atom is 0.224 e. The average molecular weight is 281 g/mol. The van der Waals surface area contributed by atoms with E-state index in [1.807, 2.05) is 13.8 Å². The van der Waals surface area contributed by atoms with Crippen LogP contribution in [0.1, 0.15) is 26.1 Å². The SMILES string of the molecule is CCN(CC)C(=O)CCNc1cc(N)nc(COC)n1. The number of carbonyl (C=O) groups is 1. The molecule has 0 fully saturated rings. The van der Waals surface area contributed by atoms with Crippen LogP contribution in [0.15, 0.2) is 6.07 Å². The molecule has 0 atom stereocenters. The van der Waals surface area contributed by atoms with E-state index in [2.05, 4.69) is 15.3 Å². The van der Waals surface area contributed by atoms with Gasteiger partial charge in [-0.2, -0.15) is 0 Å². The molecule has 0 saturated carbocycles. The van der Waals surface area contributed by atoms with Gasteiger partial charge in [0, 0.05) is 39.2 Å². The third-order valence-corrected chi connectivity index (χ3v) is 2.83. The molecule has 0 aliphatic rings. The second kappa shape index (κ2) is 8.31. The van der Waals surface area contributed by atoms with Gasteiger partial charge in [0.05, 0.1) is 0 Å². The van der Waals surface area contributed by atoms with E-state index in [4.69, 9.17) is 10.5 Å². The predicted octanol–water partition coefficient (Wildman–Crippen LogP) is 0.876. The Bertz CT molecular complexity index is 435. The number of anilines is 2. The van der Waals surface area contributed by atoms with Gasteiger partial charge in [-0.05, 0) is 13.8 Å². The van der Waals surface area contributed by atoms with Crippen LogP contribution in [-0.2, 0) is 16.1 Å². The molecule has 7 heteroatoms. The van der Waals surface area contributed by atoms with Gasteiger partial charge in [0.1, 0.15) is 18.2 Å². The number of nitrogens with zero attached hydrogens (tertiary/aromatic N) is 3. The molecule has 0 saturated heterocycles. The maximum absolute atomic E-state index is 11.8. The minimum absolute atomic E-state index is 0.127. The van der Waals surface area contributed by atoms with E-state index in [1.165, 1.54) is 0 Å². The highest BCUT2D eigenvalue weighted by molar-refractivity contribution is 5.76. The lowest BCUT2D eigenvalue weighted by atomic mass is 10.3. The normalized spacial score (nSPS) is 10.3. The Kier molecular flexibility index (Phi) is 6.72. The van der Waals surface area contributed by atoms with E-state index in [-0.39, 0.29) is 5.91 Å². The molecular formula is C13H23N5O2. The molecule has 0 aliphatic heterocycles. The lowest BCUT2D eigenvalue weighted by Gasteiger charge is -2.18. The standard InChI is InChI=1S/C13H23N5O2/c1-4-18(5-2)13(19)6-7-15-11-8-10(14)16-12(17-11)9-20-3/h8H,4-7,9H2,1-3H3,(H3,14,15,16,17). The molecule has 0 bridgehead atoms. The number of nitrogens with one attached hydrogen (secondary N) is 1. The number of amides is 1. The minimum atomic E-state index is 0.127. The highest BCUT2D eigenvalue weighted by atomic mass is 16.5. The van der Waals surface area contributed by atoms with Crippen molar-refractivity contribution in [2.45, 2.75) is 26.9 Å². The van der Waals surface area contributed by atoms with Crippen LogP contribution in [0.4, 0.5) is 11.6 Å². The van der Waals surface area contributed by atoms with Crippen LogP contribution in [-0.4, -0.2) is 47.5 Å². The molecule has 1 heterocycles. The minimum Gasteiger partial charge on any atom is -0.384 e. The number of methoxy groups -OCH3 is 1. The summed E-state index contributed by atoms with van der Waals surface area (Å²) in [6.07, 6.45) is 0.422. The summed E-state index contributed by atoms with van der Waals surface area (Å²) in [5.74, 6) is 1.63. The van der Waals surface area contributed by atoms with Crippen molar-refractivity contribution in [2.24, 2.45) is 0 Å². The highest BCUT2D eigenvalue weighted by Crippen LogP contribution is 2.09. The molecule has 1 amide bonds. The second-order valence-electron chi connectivity index (χ2n) is 4.27. The first-order chi connectivity index (χ1) is 9.60. The summed E-state index contributed by atoms with van der Waals surface area (Å²) in [5.41, 5.74) is 5.69. The van der Waals surface area contributed by atoms with Crippen molar-refractivity contribution in [3.05, 3.63) is 11.9 Å². The Labute approximate surface area is 119 Å². The molecule has 0 radical (unpaired) electrons. The van der Waals surface area contributed by atoms with Crippen LogP contribution in [0.5, 0.6) is 0 Å². The maximum atomic E-state index is 11.8. The van der Waals surface area contributed by atoms with Gasteiger partial charge in [0.25, 0.3) is 0 Å². The zero-order valence-electron chi connectivity index (χ0n) is 12.3. The van der Waals surface area contributed by atoms with Gasteiger partial charge in [-0.15, -0.1) is 0 Å². The fraction of sp³-hybridized carbons (Fsp3) is 0.615. The molecule has 1 aromatic heterocycles. The third-order valence-electron chi connectivity index (χ3n) is 2.83. The first-order valence-electron chi connectivity index (χ1n) is 6.74. The van der Waals surface area contributed by atoms with Crippen molar-refractivity contribution in [3.8, 4) is 0 Å². The Morgan fingerprint density at radius 1 is 1.40 bits per heavy atom. The number of carbonyl (C=O) groups excluding carboxylic acids is 1. The zero-order valence-corrected chi connectivity index (χ0v) is 12.3. The van der Waals surface area contributed by atoms with Gasteiger partial charge in [0.2, 0.25) is 5.91 Å². The summed E-state index contributed by atoms with van der Waals surface area (Å²) in [6, 6.07) is 1.64. The fourth-order valence-electron chi connectivity index (χ4n) is 1.83. The quantitative estimate of drug-likeness (QED) is 0.734. The van der Waals surface area contributed by atoms with Gasteiger partial charge < -0.3 is 20.7 Å². The highest BCUT2D eigenvalue weighted by Gasteiger charge is 2.09. The first-order valence-corrected chi connectivity index (χ1v) is 6.74. The van der Waals surface area contributed by atoms with Gasteiger partial charge in [0.15, 0.2) is 5.82 Å². The Hall–Kier alpha value is -1.89. The monoisotopic (exact) mass is 281 g/mol. The summed E-state index contributed by atoms with van der Waals surface area (Å²) in [7, 11) is 1.57. The van der Waals surface area contributed by atoms with E-state index >= 15 is 0 Å². The van der Waals surface area contributed by atoms with Gasteiger partial charge >= 0.3 is 0 Å². The molecular weight excluding hydrogens is 258 g/mol. The van der Waals surface area contributed by atoms with Crippen molar-refractivity contribution in [1.29, 1.82) is 0 Å². The summed E-state index contributed by atoms with van der Waals surface area (Å²) in [6.45, 7) is 6.21. The number of nitrogen functional groups attached to an aromatic ring is 1. The second-order valence-corrected chi connectivity index (χ2v) is 4.27. The van der Waals surface area contributed by atoms with Crippen LogP contribution in [0.25, 0.3) is 0 Å². The van der Waals surface area contributed by atoms with Crippen molar-refractivity contribution < 1.29 is 9.53 Å². The summed E-state index contributed by atoms with van der Waals surface area (Å²) < 4.78 is 4.97. The first kappa shape index (κ1) is 16.2. The molecule has 0 aromatic carbocycles. The van der Waals surface area contributed by atoms with E-state index in [9.17, 15) is 4.79 Å². The molecule has 1 aromatic rings. The summed E-state index contributed by atoms with van der Waals surface area (Å²) in [5, 5.41) is 3.08. The molecule has 1 rings (SSSR count). The Morgan fingerprint density at radius 2 is 2.10 bits per heavy atom. The lowest BCUT2D eigenvalue weighted by molar-refractivity contribution is -0.130. The average Bonchev–Trinajstić information content (AvgIpc) is 2.40. The molecule has 112 valence electrons. The molecule has 0 unspecified atom stereocenters. The number of ether oxygens (including phenoxy) is 1. The Morgan fingerprint density at radius 3 is 2.70 bits per heavy atom. The molecule has 3 N–H and O–H groups in total. The summed E-state index contributed by atoms with van der Waals surface area (Å²) in [4.78, 5) is 21.9. The van der Waals surface area contributed by atoms with Crippen molar-refractivity contribution in [1.82, 2.24) is 14.9 Å². The van der Waals surface area contributed by atoms with Crippen LogP contribution in [0.3, 0.4) is 0 Å². The van der Waals surface area contributed by atoms with Gasteiger partial charge in [-0.25, -0.2) is 9.97 Å². The summed E-state index contributed by atoms with van der Waals surface area (Å²) >= 11 is 0. The number of rotatable bonds is 8. The van der Waals surface area contributed by atoms with E-state index < -0.39 is 0 Å². The molecule has 0 spiro atoms. The lowest BCUT2D eigenvalue weighted by Crippen LogP contribution is -2.31. The number of aromatic nitrogens is 2.